The second-order valence-electron chi connectivity index (χ2n) is 5.64. The van der Waals surface area contributed by atoms with Gasteiger partial charge >= 0.3 is 12.0 Å². The summed E-state index contributed by atoms with van der Waals surface area (Å²) in [5.74, 6) is -0.621. The monoisotopic (exact) mass is 310 g/mol. The van der Waals surface area contributed by atoms with Crippen molar-refractivity contribution in [3.05, 3.63) is 21.9 Å². The van der Waals surface area contributed by atoms with E-state index >= 15 is 0 Å². The number of urea groups is 1. The minimum atomic E-state index is -0.789. The first kappa shape index (κ1) is 15.8. The van der Waals surface area contributed by atoms with Gasteiger partial charge in [-0.15, -0.1) is 11.3 Å². The molecule has 1 aliphatic heterocycles. The lowest BCUT2D eigenvalue weighted by Crippen LogP contribution is -2.45. The number of carbonyl (C=O) groups is 2. The van der Waals surface area contributed by atoms with E-state index in [1.807, 2.05) is 11.8 Å². The zero-order chi connectivity index (χ0) is 15.4. The van der Waals surface area contributed by atoms with Crippen LogP contribution in [0.15, 0.2) is 11.4 Å². The lowest BCUT2D eigenvalue weighted by molar-refractivity contribution is -0.137. The van der Waals surface area contributed by atoms with Gasteiger partial charge in [-0.2, -0.15) is 0 Å². The van der Waals surface area contributed by atoms with Crippen molar-refractivity contribution >= 4 is 23.3 Å². The molecule has 6 heteroatoms. The Morgan fingerprint density at radius 1 is 1.57 bits per heavy atom. The van der Waals surface area contributed by atoms with Gasteiger partial charge in [0.25, 0.3) is 0 Å². The molecule has 0 saturated heterocycles. The summed E-state index contributed by atoms with van der Waals surface area (Å²) < 4.78 is 0. The molecule has 2 unspecified atom stereocenters. The van der Waals surface area contributed by atoms with Crippen molar-refractivity contribution in [3.63, 3.8) is 0 Å². The third-order valence-electron chi connectivity index (χ3n) is 3.99. The summed E-state index contributed by atoms with van der Waals surface area (Å²) >= 11 is 1.76. The number of carboxylic acids is 1. The van der Waals surface area contributed by atoms with Gasteiger partial charge in [0.2, 0.25) is 0 Å². The number of thiophene rings is 1. The number of aliphatic carboxylic acids is 1. The van der Waals surface area contributed by atoms with Crippen LogP contribution in [0.3, 0.4) is 0 Å². The predicted octanol–water partition coefficient (Wildman–Crippen LogP) is 2.88. The van der Waals surface area contributed by atoms with Crippen molar-refractivity contribution in [2.24, 2.45) is 5.92 Å². The second kappa shape index (κ2) is 6.93. The molecule has 2 amide bonds. The summed E-state index contributed by atoms with van der Waals surface area (Å²) in [4.78, 5) is 26.1. The Hall–Kier alpha value is -1.56. The van der Waals surface area contributed by atoms with Gasteiger partial charge in [0.05, 0.1) is 6.04 Å². The minimum Gasteiger partial charge on any atom is -0.481 e. The van der Waals surface area contributed by atoms with E-state index in [1.165, 1.54) is 10.4 Å². The topological polar surface area (TPSA) is 69.6 Å². The van der Waals surface area contributed by atoms with Gasteiger partial charge in [0, 0.05) is 24.4 Å². The number of carboxylic acid groups (broad SMARTS) is 1. The normalized spacial score (nSPS) is 19.0. The maximum Gasteiger partial charge on any atom is 0.317 e. The highest BCUT2D eigenvalue weighted by molar-refractivity contribution is 7.10. The summed E-state index contributed by atoms with van der Waals surface area (Å²) in [5, 5.41) is 13.7. The fourth-order valence-electron chi connectivity index (χ4n) is 2.62. The number of hydrogen-bond donors (Lipinski definition) is 2. The van der Waals surface area contributed by atoms with Gasteiger partial charge in [-0.1, -0.05) is 6.92 Å². The quantitative estimate of drug-likeness (QED) is 0.878. The molecule has 21 heavy (non-hydrogen) atoms. The molecular weight excluding hydrogens is 288 g/mol. The van der Waals surface area contributed by atoms with Crippen molar-refractivity contribution in [3.8, 4) is 0 Å². The lowest BCUT2D eigenvalue weighted by atomic mass is 10.0. The molecule has 116 valence electrons. The van der Waals surface area contributed by atoms with Gasteiger partial charge in [0.15, 0.2) is 0 Å². The van der Waals surface area contributed by atoms with E-state index in [0.717, 1.165) is 13.0 Å². The zero-order valence-corrected chi connectivity index (χ0v) is 13.3. The van der Waals surface area contributed by atoms with Crippen LogP contribution >= 0.6 is 11.3 Å². The van der Waals surface area contributed by atoms with E-state index in [9.17, 15) is 9.59 Å². The molecule has 0 aromatic carbocycles. The van der Waals surface area contributed by atoms with Gasteiger partial charge < -0.3 is 15.3 Å². The number of hydrogen-bond acceptors (Lipinski definition) is 3. The maximum absolute atomic E-state index is 12.3. The van der Waals surface area contributed by atoms with Crippen molar-refractivity contribution in [1.29, 1.82) is 0 Å². The first-order valence-corrected chi connectivity index (χ1v) is 8.19. The molecule has 2 rings (SSSR count). The van der Waals surface area contributed by atoms with Crippen LogP contribution < -0.4 is 5.32 Å². The van der Waals surface area contributed by atoms with Crippen molar-refractivity contribution < 1.29 is 14.7 Å². The van der Waals surface area contributed by atoms with Gasteiger partial charge in [-0.05, 0) is 42.7 Å². The van der Waals surface area contributed by atoms with Crippen LogP contribution in [0.25, 0.3) is 0 Å². The van der Waals surface area contributed by atoms with E-state index in [0.29, 0.717) is 13.0 Å². The Balaban J connectivity index is 1.83. The Bertz CT molecular complexity index is 515. The maximum atomic E-state index is 12.3. The van der Waals surface area contributed by atoms with Crippen LogP contribution in [-0.4, -0.2) is 35.1 Å². The van der Waals surface area contributed by atoms with Crippen molar-refractivity contribution in [2.75, 3.05) is 13.1 Å². The highest BCUT2D eigenvalue weighted by Crippen LogP contribution is 2.32. The number of fused-ring (bicyclic) bond motifs is 1. The molecule has 0 radical (unpaired) electrons. The molecule has 1 aromatic heterocycles. The Morgan fingerprint density at radius 3 is 3.05 bits per heavy atom. The SMILES string of the molecule is CC(CCC(=O)O)CNC(=O)N1CCc2sccc2C1C. The summed E-state index contributed by atoms with van der Waals surface area (Å²) in [6, 6.07) is 2.15. The van der Waals surface area contributed by atoms with Crippen LogP contribution in [0.4, 0.5) is 4.79 Å². The number of nitrogens with zero attached hydrogens (tertiary/aromatic N) is 1. The third kappa shape index (κ3) is 3.97. The van der Waals surface area contributed by atoms with Gasteiger partial charge in [0.1, 0.15) is 0 Å². The molecule has 2 atom stereocenters. The molecular formula is C15H22N2O3S. The molecule has 0 saturated carbocycles. The Labute approximate surface area is 129 Å². The average Bonchev–Trinajstić information content (AvgIpc) is 2.92. The van der Waals surface area contributed by atoms with Crippen LogP contribution in [0.1, 0.15) is 43.2 Å². The molecule has 5 nitrogen and oxygen atoms in total. The van der Waals surface area contributed by atoms with Crippen LogP contribution in [0, 0.1) is 5.92 Å². The van der Waals surface area contributed by atoms with E-state index < -0.39 is 5.97 Å². The van der Waals surface area contributed by atoms with Crippen LogP contribution in [-0.2, 0) is 11.2 Å². The van der Waals surface area contributed by atoms with Crippen molar-refractivity contribution in [1.82, 2.24) is 10.2 Å². The van der Waals surface area contributed by atoms with Crippen molar-refractivity contribution in [2.45, 2.75) is 39.2 Å². The molecule has 1 aromatic rings. The highest BCUT2D eigenvalue weighted by Gasteiger charge is 2.28. The summed E-state index contributed by atoms with van der Waals surface area (Å²) in [6.45, 7) is 5.27. The molecule has 0 bridgehead atoms. The average molecular weight is 310 g/mol. The fraction of sp³-hybridized carbons (Fsp3) is 0.600. The minimum absolute atomic E-state index is 0.0541. The molecule has 1 aliphatic rings. The molecule has 0 fully saturated rings. The molecule has 2 heterocycles. The molecule has 0 aliphatic carbocycles. The van der Waals surface area contributed by atoms with Crippen LogP contribution in [0.2, 0.25) is 0 Å². The van der Waals surface area contributed by atoms with Crippen LogP contribution in [0.5, 0.6) is 0 Å². The van der Waals surface area contributed by atoms with E-state index in [-0.39, 0.29) is 24.4 Å². The molecule has 2 N–H and O–H groups in total. The lowest BCUT2D eigenvalue weighted by Gasteiger charge is -2.34. The number of rotatable bonds is 5. The fourth-order valence-corrected chi connectivity index (χ4v) is 3.58. The summed E-state index contributed by atoms with van der Waals surface area (Å²) in [5.41, 5.74) is 1.25. The standard InChI is InChI=1S/C15H22N2O3S/c1-10(3-4-14(18)19)9-16-15(20)17-7-5-13-12(11(17)2)6-8-21-13/h6,8,10-11H,3-5,7,9H2,1-2H3,(H,16,20)(H,18,19). The second-order valence-corrected chi connectivity index (χ2v) is 6.64. The zero-order valence-electron chi connectivity index (χ0n) is 12.5. The smallest absolute Gasteiger partial charge is 0.317 e. The highest BCUT2D eigenvalue weighted by atomic mass is 32.1. The van der Waals surface area contributed by atoms with Gasteiger partial charge in [-0.25, -0.2) is 4.79 Å². The predicted molar refractivity (Wildman–Crippen MR) is 82.6 cm³/mol. The first-order chi connectivity index (χ1) is 9.99. The summed E-state index contributed by atoms with van der Waals surface area (Å²) in [6.07, 6.45) is 1.65. The number of amides is 2. The van der Waals surface area contributed by atoms with Gasteiger partial charge in [-0.3, -0.25) is 4.79 Å². The first-order valence-electron chi connectivity index (χ1n) is 7.31. The third-order valence-corrected chi connectivity index (χ3v) is 4.99. The summed E-state index contributed by atoms with van der Waals surface area (Å²) in [7, 11) is 0. The van der Waals surface area contributed by atoms with E-state index in [1.54, 1.807) is 11.3 Å². The number of nitrogens with one attached hydrogen (secondary N) is 1. The van der Waals surface area contributed by atoms with E-state index in [2.05, 4.69) is 23.7 Å². The Morgan fingerprint density at radius 2 is 2.33 bits per heavy atom. The Kier molecular flexibility index (Phi) is 5.22. The largest absolute Gasteiger partial charge is 0.481 e. The number of carbonyl (C=O) groups excluding carboxylic acids is 1. The van der Waals surface area contributed by atoms with E-state index in [4.69, 9.17) is 5.11 Å². The molecule has 0 spiro atoms.